The molecule has 0 aliphatic carbocycles. The van der Waals surface area contributed by atoms with Gasteiger partial charge in [0.25, 0.3) is 5.91 Å². The van der Waals surface area contributed by atoms with E-state index in [1.807, 2.05) is 11.7 Å². The number of aromatic nitrogens is 4. The fourth-order valence-corrected chi connectivity index (χ4v) is 2.41. The molecule has 1 N–H and O–H groups in total. The van der Waals surface area contributed by atoms with Crippen LogP contribution in [0.1, 0.15) is 23.3 Å². The summed E-state index contributed by atoms with van der Waals surface area (Å²) in [6.07, 6.45) is 3.65. The molecule has 2 aromatic rings. The molecule has 7 heteroatoms. The van der Waals surface area contributed by atoms with Gasteiger partial charge < -0.3 is 4.90 Å². The molecule has 0 aromatic carbocycles. The standard InChI is InChI=1S/C11H14BN5O/c1-12-9-7-8(11(18)17-4-2-3-5-17)15-16-10(7)14-6-13-9/h6,12H,2-5H2,1H3,(H,13,14,15,16). The Labute approximate surface area is 105 Å². The van der Waals surface area contributed by atoms with Gasteiger partial charge in [-0.3, -0.25) is 14.9 Å². The molecule has 18 heavy (non-hydrogen) atoms. The normalized spacial score (nSPS) is 15.3. The van der Waals surface area contributed by atoms with Crippen LogP contribution in [-0.2, 0) is 0 Å². The molecule has 1 fully saturated rings. The largest absolute Gasteiger partial charge is 0.337 e. The summed E-state index contributed by atoms with van der Waals surface area (Å²) in [5.41, 5.74) is 1.98. The highest BCUT2D eigenvalue weighted by molar-refractivity contribution is 6.54. The Hall–Kier alpha value is -1.92. The van der Waals surface area contributed by atoms with Crippen molar-refractivity contribution in [3.05, 3.63) is 12.0 Å². The predicted molar refractivity (Wildman–Crippen MR) is 69.5 cm³/mol. The minimum atomic E-state index is -0.0109. The molecule has 3 heterocycles. The van der Waals surface area contributed by atoms with Gasteiger partial charge in [-0.25, -0.2) is 4.98 Å². The first-order chi connectivity index (χ1) is 8.81. The Morgan fingerprint density at radius 1 is 1.39 bits per heavy atom. The van der Waals surface area contributed by atoms with E-state index in [-0.39, 0.29) is 5.91 Å². The molecule has 0 atom stereocenters. The number of carbonyl (C=O) groups is 1. The van der Waals surface area contributed by atoms with Crippen LogP contribution in [0.15, 0.2) is 6.33 Å². The lowest BCUT2D eigenvalue weighted by molar-refractivity contribution is 0.0789. The molecule has 1 saturated heterocycles. The molecule has 2 aromatic heterocycles. The average molecular weight is 243 g/mol. The number of aromatic amines is 1. The number of nitrogens with zero attached hydrogens (tertiary/aromatic N) is 4. The van der Waals surface area contributed by atoms with Crippen LogP contribution >= 0.6 is 0 Å². The van der Waals surface area contributed by atoms with E-state index in [1.165, 1.54) is 6.33 Å². The molecule has 92 valence electrons. The van der Waals surface area contributed by atoms with Crippen molar-refractivity contribution in [3.63, 3.8) is 0 Å². The van der Waals surface area contributed by atoms with E-state index < -0.39 is 0 Å². The molecule has 1 amide bonds. The molecule has 1 aliphatic heterocycles. The van der Waals surface area contributed by atoms with Gasteiger partial charge in [-0.2, -0.15) is 5.10 Å². The second-order valence-corrected chi connectivity index (χ2v) is 4.47. The molecule has 0 bridgehead atoms. The highest BCUT2D eigenvalue weighted by Crippen LogP contribution is 2.16. The summed E-state index contributed by atoms with van der Waals surface area (Å²) in [7, 11) is 0.763. The van der Waals surface area contributed by atoms with Gasteiger partial charge >= 0.3 is 0 Å². The van der Waals surface area contributed by atoms with Crippen molar-refractivity contribution in [2.45, 2.75) is 19.7 Å². The van der Waals surface area contributed by atoms with E-state index in [4.69, 9.17) is 0 Å². The van der Waals surface area contributed by atoms with Crippen LogP contribution in [-0.4, -0.2) is 51.3 Å². The smallest absolute Gasteiger partial charge is 0.275 e. The Morgan fingerprint density at radius 3 is 2.89 bits per heavy atom. The van der Waals surface area contributed by atoms with E-state index >= 15 is 0 Å². The maximum absolute atomic E-state index is 12.4. The van der Waals surface area contributed by atoms with E-state index in [2.05, 4.69) is 20.2 Å². The summed E-state index contributed by atoms with van der Waals surface area (Å²) in [6.45, 7) is 3.66. The van der Waals surface area contributed by atoms with Gasteiger partial charge in [0.2, 0.25) is 0 Å². The van der Waals surface area contributed by atoms with E-state index in [0.717, 1.165) is 44.2 Å². The molecular formula is C11H14BN5O. The zero-order valence-corrected chi connectivity index (χ0v) is 10.3. The highest BCUT2D eigenvalue weighted by atomic mass is 16.2. The Bertz CT molecular complexity index is 590. The van der Waals surface area contributed by atoms with Crippen molar-refractivity contribution in [2.75, 3.05) is 13.1 Å². The number of carbonyl (C=O) groups excluding carboxylic acids is 1. The van der Waals surface area contributed by atoms with Gasteiger partial charge in [-0.15, -0.1) is 0 Å². The number of amides is 1. The van der Waals surface area contributed by atoms with Crippen molar-refractivity contribution < 1.29 is 4.79 Å². The van der Waals surface area contributed by atoms with E-state index in [1.54, 1.807) is 0 Å². The van der Waals surface area contributed by atoms with Crippen LogP contribution in [0.3, 0.4) is 0 Å². The molecular weight excluding hydrogens is 229 g/mol. The van der Waals surface area contributed by atoms with Crippen LogP contribution in [0.2, 0.25) is 6.82 Å². The minimum absolute atomic E-state index is 0.0109. The van der Waals surface area contributed by atoms with Crippen molar-refractivity contribution in [3.8, 4) is 0 Å². The summed E-state index contributed by atoms with van der Waals surface area (Å²) in [6, 6.07) is 0. The molecule has 1 aliphatic rings. The Kier molecular flexibility index (Phi) is 2.73. The molecule has 6 nitrogen and oxygen atoms in total. The third-order valence-electron chi connectivity index (χ3n) is 3.37. The summed E-state index contributed by atoms with van der Waals surface area (Å²) < 4.78 is 0. The molecule has 0 spiro atoms. The van der Waals surface area contributed by atoms with Gasteiger partial charge in [0.05, 0.1) is 5.39 Å². The van der Waals surface area contributed by atoms with Crippen molar-refractivity contribution in [1.82, 2.24) is 25.1 Å². The monoisotopic (exact) mass is 243 g/mol. The topological polar surface area (TPSA) is 74.8 Å². The van der Waals surface area contributed by atoms with Crippen molar-refractivity contribution in [1.29, 1.82) is 0 Å². The Balaban J connectivity index is 2.08. The van der Waals surface area contributed by atoms with Gasteiger partial charge in [-0.1, -0.05) is 6.82 Å². The van der Waals surface area contributed by atoms with Gasteiger partial charge in [-0.05, 0) is 12.8 Å². The number of H-pyrrole nitrogens is 1. The molecule has 0 saturated carbocycles. The maximum Gasteiger partial charge on any atom is 0.275 e. The second kappa shape index (κ2) is 4.40. The van der Waals surface area contributed by atoms with Crippen LogP contribution < -0.4 is 5.59 Å². The lowest BCUT2D eigenvalue weighted by Gasteiger charge is -2.13. The number of fused-ring (bicyclic) bond motifs is 1. The zero-order valence-electron chi connectivity index (χ0n) is 10.3. The Morgan fingerprint density at radius 2 is 2.17 bits per heavy atom. The van der Waals surface area contributed by atoms with Gasteiger partial charge in [0, 0.05) is 18.7 Å². The zero-order chi connectivity index (χ0) is 12.5. The summed E-state index contributed by atoms with van der Waals surface area (Å²) in [5, 5.41) is 7.72. The predicted octanol–water partition coefficient (Wildman–Crippen LogP) is -0.301. The number of rotatable bonds is 2. The minimum Gasteiger partial charge on any atom is -0.337 e. The quantitative estimate of drug-likeness (QED) is 0.734. The SMILES string of the molecule is CBc1ncnc2[nH]nc(C(=O)N3CCCC3)c12. The van der Waals surface area contributed by atoms with Crippen molar-refractivity contribution in [2.24, 2.45) is 0 Å². The summed E-state index contributed by atoms with van der Waals surface area (Å²) in [4.78, 5) is 22.6. The molecule has 0 unspecified atom stereocenters. The number of likely N-dealkylation sites (tertiary alicyclic amines) is 1. The first kappa shape index (κ1) is 11.2. The van der Waals surface area contributed by atoms with Crippen molar-refractivity contribution >= 4 is 29.8 Å². The first-order valence-electron chi connectivity index (χ1n) is 6.28. The maximum atomic E-state index is 12.4. The number of nitrogens with one attached hydrogen (secondary N) is 1. The second-order valence-electron chi connectivity index (χ2n) is 4.47. The van der Waals surface area contributed by atoms with Crippen LogP contribution in [0, 0.1) is 0 Å². The molecule has 0 radical (unpaired) electrons. The summed E-state index contributed by atoms with van der Waals surface area (Å²) in [5.74, 6) is -0.0109. The van der Waals surface area contributed by atoms with Crippen LogP contribution in [0.4, 0.5) is 0 Å². The number of hydrogen-bond donors (Lipinski definition) is 1. The fourth-order valence-electron chi connectivity index (χ4n) is 2.41. The molecule has 3 rings (SSSR count). The van der Waals surface area contributed by atoms with Gasteiger partial charge in [0.15, 0.2) is 18.6 Å². The highest BCUT2D eigenvalue weighted by Gasteiger charge is 2.25. The average Bonchev–Trinajstić information content (AvgIpc) is 3.06. The lowest BCUT2D eigenvalue weighted by Crippen LogP contribution is -2.29. The lowest BCUT2D eigenvalue weighted by atomic mass is 9.76. The third kappa shape index (κ3) is 1.66. The van der Waals surface area contributed by atoms with E-state index in [9.17, 15) is 4.79 Å². The van der Waals surface area contributed by atoms with Gasteiger partial charge in [0.1, 0.15) is 6.33 Å². The number of hydrogen-bond acceptors (Lipinski definition) is 4. The first-order valence-corrected chi connectivity index (χ1v) is 6.28. The summed E-state index contributed by atoms with van der Waals surface area (Å²) >= 11 is 0. The van der Waals surface area contributed by atoms with Crippen LogP contribution in [0.25, 0.3) is 11.0 Å². The van der Waals surface area contributed by atoms with E-state index in [0.29, 0.717) is 11.3 Å². The third-order valence-corrected chi connectivity index (χ3v) is 3.37. The fraction of sp³-hybridized carbons (Fsp3) is 0.455. The van der Waals surface area contributed by atoms with Crippen LogP contribution in [0.5, 0.6) is 0 Å².